The fraction of sp³-hybridized carbons (Fsp3) is 0.143. The average molecular weight is 315 g/mol. The molecule has 1 heterocycles. The van der Waals surface area contributed by atoms with Gasteiger partial charge in [0.2, 0.25) is 5.91 Å². The van der Waals surface area contributed by atoms with Crippen LogP contribution in [0.15, 0.2) is 42.6 Å². The van der Waals surface area contributed by atoms with Crippen molar-refractivity contribution in [2.45, 2.75) is 12.1 Å². The minimum atomic E-state index is -4.53. The van der Waals surface area contributed by atoms with Gasteiger partial charge in [0.1, 0.15) is 5.92 Å². The second-order valence-corrected chi connectivity index (χ2v) is 4.73. The fourth-order valence-electron chi connectivity index (χ4n) is 1.95. The minimum absolute atomic E-state index is 0.0922. The van der Waals surface area contributed by atoms with E-state index < -0.39 is 23.6 Å². The molecule has 0 spiro atoms. The van der Waals surface area contributed by atoms with Crippen molar-refractivity contribution < 1.29 is 18.0 Å². The Hall–Kier alpha value is -2.08. The Balaban J connectivity index is 2.55. The number of hydrogen-bond donors (Lipinski definition) is 1. The number of alkyl halides is 3. The van der Waals surface area contributed by atoms with E-state index in [0.717, 1.165) is 18.3 Å². The number of nitrogens with two attached hydrogens (primary N) is 1. The third-order valence-electron chi connectivity index (χ3n) is 2.90. The topological polar surface area (TPSA) is 56.0 Å². The zero-order chi connectivity index (χ0) is 15.6. The van der Waals surface area contributed by atoms with Gasteiger partial charge in [-0.15, -0.1) is 0 Å². The van der Waals surface area contributed by atoms with Crippen molar-refractivity contribution in [3.8, 4) is 0 Å². The molecule has 2 aromatic rings. The van der Waals surface area contributed by atoms with E-state index in [4.69, 9.17) is 17.3 Å². The molecular weight excluding hydrogens is 305 g/mol. The van der Waals surface area contributed by atoms with Crippen LogP contribution < -0.4 is 5.73 Å². The maximum absolute atomic E-state index is 12.7. The van der Waals surface area contributed by atoms with Gasteiger partial charge >= 0.3 is 6.18 Å². The highest BCUT2D eigenvalue weighted by atomic mass is 35.5. The van der Waals surface area contributed by atoms with Crippen LogP contribution in [0.4, 0.5) is 13.2 Å². The molecule has 0 radical (unpaired) electrons. The van der Waals surface area contributed by atoms with E-state index in [1.54, 1.807) is 12.1 Å². The standard InChI is InChI=1S/C14H10ClF3N2O/c15-10-4-2-1-3-9(10)12(13(19)21)11-7-8(5-6-20-11)14(16,17)18/h1-7,12H,(H2,19,21). The summed E-state index contributed by atoms with van der Waals surface area (Å²) in [7, 11) is 0. The maximum atomic E-state index is 12.7. The number of aromatic nitrogens is 1. The number of carbonyl (C=O) groups excluding carboxylic acids is 1. The molecule has 2 N–H and O–H groups in total. The Morgan fingerprint density at radius 2 is 1.90 bits per heavy atom. The molecule has 1 aromatic heterocycles. The van der Waals surface area contributed by atoms with Gasteiger partial charge in [0.25, 0.3) is 0 Å². The highest BCUT2D eigenvalue weighted by molar-refractivity contribution is 6.31. The lowest BCUT2D eigenvalue weighted by Gasteiger charge is -2.16. The molecule has 1 unspecified atom stereocenters. The van der Waals surface area contributed by atoms with Gasteiger partial charge in [-0.25, -0.2) is 0 Å². The molecule has 7 heteroatoms. The second kappa shape index (κ2) is 5.73. The number of hydrogen-bond acceptors (Lipinski definition) is 2. The van der Waals surface area contributed by atoms with E-state index >= 15 is 0 Å². The first-order valence-corrected chi connectivity index (χ1v) is 6.25. The first kappa shape index (κ1) is 15.3. The van der Waals surface area contributed by atoms with E-state index in [-0.39, 0.29) is 10.7 Å². The van der Waals surface area contributed by atoms with Gasteiger partial charge in [0.15, 0.2) is 0 Å². The predicted molar refractivity (Wildman–Crippen MR) is 71.7 cm³/mol. The van der Waals surface area contributed by atoms with Crippen LogP contribution in [0.1, 0.15) is 22.7 Å². The van der Waals surface area contributed by atoms with E-state index in [2.05, 4.69) is 4.98 Å². The van der Waals surface area contributed by atoms with Gasteiger partial charge < -0.3 is 5.73 Å². The number of nitrogens with zero attached hydrogens (tertiary/aromatic N) is 1. The van der Waals surface area contributed by atoms with Crippen LogP contribution in [0.25, 0.3) is 0 Å². The number of halogens is 4. The van der Waals surface area contributed by atoms with Crippen LogP contribution in [0.5, 0.6) is 0 Å². The predicted octanol–water partition coefficient (Wildman–Crippen LogP) is 3.37. The largest absolute Gasteiger partial charge is 0.416 e. The van der Waals surface area contributed by atoms with E-state index in [1.165, 1.54) is 12.1 Å². The quantitative estimate of drug-likeness (QED) is 0.944. The zero-order valence-corrected chi connectivity index (χ0v) is 11.3. The molecule has 0 aliphatic rings. The minimum Gasteiger partial charge on any atom is -0.369 e. The molecular formula is C14H10ClF3N2O. The lowest BCUT2D eigenvalue weighted by Crippen LogP contribution is -2.24. The monoisotopic (exact) mass is 314 g/mol. The van der Waals surface area contributed by atoms with Crippen LogP contribution in [-0.2, 0) is 11.0 Å². The lowest BCUT2D eigenvalue weighted by atomic mass is 9.93. The van der Waals surface area contributed by atoms with Gasteiger partial charge in [0.05, 0.1) is 11.3 Å². The van der Waals surface area contributed by atoms with Gasteiger partial charge in [-0.2, -0.15) is 13.2 Å². The van der Waals surface area contributed by atoms with Gasteiger partial charge in [-0.3, -0.25) is 9.78 Å². The summed E-state index contributed by atoms with van der Waals surface area (Å²) in [6.45, 7) is 0. The van der Waals surface area contributed by atoms with Crippen LogP contribution in [-0.4, -0.2) is 10.9 Å². The molecule has 1 atom stereocenters. The number of rotatable bonds is 3. The molecule has 0 saturated heterocycles. The zero-order valence-electron chi connectivity index (χ0n) is 10.6. The molecule has 1 amide bonds. The van der Waals surface area contributed by atoms with Crippen LogP contribution in [0, 0.1) is 0 Å². The van der Waals surface area contributed by atoms with Crippen molar-refractivity contribution in [3.05, 3.63) is 64.4 Å². The average Bonchev–Trinajstić information content (AvgIpc) is 2.40. The molecule has 0 aliphatic heterocycles. The van der Waals surface area contributed by atoms with E-state index in [9.17, 15) is 18.0 Å². The van der Waals surface area contributed by atoms with Crippen molar-refractivity contribution >= 4 is 17.5 Å². The summed E-state index contributed by atoms with van der Waals surface area (Å²) in [5.41, 5.74) is 4.64. The first-order valence-electron chi connectivity index (χ1n) is 5.87. The molecule has 1 aromatic carbocycles. The van der Waals surface area contributed by atoms with Crippen LogP contribution in [0.3, 0.4) is 0 Å². The highest BCUT2D eigenvalue weighted by Crippen LogP contribution is 2.33. The number of carbonyl (C=O) groups is 1. The Labute approximate surface area is 123 Å². The summed E-state index contributed by atoms with van der Waals surface area (Å²) in [5.74, 6) is -1.96. The van der Waals surface area contributed by atoms with Crippen molar-refractivity contribution in [1.29, 1.82) is 0 Å². The van der Waals surface area contributed by atoms with Crippen LogP contribution in [0.2, 0.25) is 5.02 Å². The third kappa shape index (κ3) is 3.33. The Morgan fingerprint density at radius 1 is 1.24 bits per heavy atom. The fourth-order valence-corrected chi connectivity index (χ4v) is 2.19. The van der Waals surface area contributed by atoms with Gasteiger partial charge in [0, 0.05) is 11.2 Å². The van der Waals surface area contributed by atoms with Crippen molar-refractivity contribution in [1.82, 2.24) is 4.98 Å². The van der Waals surface area contributed by atoms with E-state index in [0.29, 0.717) is 5.56 Å². The smallest absolute Gasteiger partial charge is 0.369 e. The highest BCUT2D eigenvalue weighted by Gasteiger charge is 2.32. The third-order valence-corrected chi connectivity index (χ3v) is 3.25. The Bertz CT molecular complexity index is 673. The lowest BCUT2D eigenvalue weighted by molar-refractivity contribution is -0.137. The summed E-state index contributed by atoms with van der Waals surface area (Å²) in [4.78, 5) is 15.5. The van der Waals surface area contributed by atoms with E-state index in [1.807, 2.05) is 0 Å². The Kier molecular flexibility index (Phi) is 4.18. The Morgan fingerprint density at radius 3 is 2.48 bits per heavy atom. The molecule has 21 heavy (non-hydrogen) atoms. The summed E-state index contributed by atoms with van der Waals surface area (Å²) < 4.78 is 38.2. The number of amides is 1. The molecule has 110 valence electrons. The first-order chi connectivity index (χ1) is 9.80. The molecule has 2 rings (SSSR count). The summed E-state index contributed by atoms with van der Waals surface area (Å²) in [5, 5.41) is 0.237. The number of pyridine rings is 1. The molecule has 0 saturated carbocycles. The summed E-state index contributed by atoms with van der Waals surface area (Å²) in [6.07, 6.45) is -3.54. The summed E-state index contributed by atoms with van der Waals surface area (Å²) in [6, 6.07) is 7.95. The molecule has 0 aliphatic carbocycles. The van der Waals surface area contributed by atoms with Crippen molar-refractivity contribution in [3.63, 3.8) is 0 Å². The van der Waals surface area contributed by atoms with Crippen molar-refractivity contribution in [2.24, 2.45) is 5.73 Å². The van der Waals surface area contributed by atoms with Gasteiger partial charge in [-0.05, 0) is 23.8 Å². The summed E-state index contributed by atoms with van der Waals surface area (Å²) >= 11 is 5.98. The van der Waals surface area contributed by atoms with Gasteiger partial charge in [-0.1, -0.05) is 29.8 Å². The molecule has 3 nitrogen and oxygen atoms in total. The molecule has 0 fully saturated rings. The maximum Gasteiger partial charge on any atom is 0.416 e. The molecule has 0 bridgehead atoms. The SMILES string of the molecule is NC(=O)C(c1cc(C(F)(F)F)ccn1)c1ccccc1Cl. The number of benzene rings is 1. The normalized spacial score (nSPS) is 13.0. The second-order valence-electron chi connectivity index (χ2n) is 4.32. The van der Waals surface area contributed by atoms with Crippen LogP contribution >= 0.6 is 11.6 Å². The number of primary amides is 1. The van der Waals surface area contributed by atoms with Crippen molar-refractivity contribution in [2.75, 3.05) is 0 Å².